The Hall–Kier alpha value is -1.07. The second kappa shape index (κ2) is 8.93. The zero-order chi connectivity index (χ0) is 14.1. The molecule has 1 rings (SSSR count). The fourth-order valence-corrected chi connectivity index (χ4v) is 1.91. The zero-order valence-electron chi connectivity index (χ0n) is 12.4. The molecule has 0 aromatic carbocycles. The smallest absolute Gasteiger partial charge is 0.328 e. The van der Waals surface area contributed by atoms with Gasteiger partial charge in [0.1, 0.15) is 0 Å². The molecule has 1 heterocycles. The van der Waals surface area contributed by atoms with Crippen LogP contribution >= 0.6 is 0 Å². The standard InChI is InChI=1S/C14H27N3O2/c1-4-19-12-6-5-7-15-8-9-16-10-11-17(13(2)3)14(16)18/h10-11,13,15H,4-9,12H2,1-3H3. The maximum absolute atomic E-state index is 11.9. The SMILES string of the molecule is CCOCCCCNCCn1ccn(C(C)C)c1=O. The summed E-state index contributed by atoms with van der Waals surface area (Å²) in [5.41, 5.74) is 0.0770. The van der Waals surface area contributed by atoms with Crippen molar-refractivity contribution in [1.29, 1.82) is 0 Å². The molecule has 1 aromatic heterocycles. The Morgan fingerprint density at radius 3 is 2.68 bits per heavy atom. The van der Waals surface area contributed by atoms with Gasteiger partial charge in [-0.2, -0.15) is 0 Å². The van der Waals surface area contributed by atoms with Crippen molar-refractivity contribution in [2.75, 3.05) is 26.3 Å². The van der Waals surface area contributed by atoms with E-state index in [0.717, 1.165) is 45.7 Å². The van der Waals surface area contributed by atoms with Crippen LogP contribution in [0, 0.1) is 0 Å². The Bertz CT molecular complexity index is 396. The summed E-state index contributed by atoms with van der Waals surface area (Å²) in [6, 6.07) is 0.222. The number of aromatic nitrogens is 2. The molecule has 5 nitrogen and oxygen atoms in total. The van der Waals surface area contributed by atoms with Crippen molar-refractivity contribution in [3.05, 3.63) is 22.9 Å². The number of hydrogen-bond acceptors (Lipinski definition) is 3. The minimum Gasteiger partial charge on any atom is -0.382 e. The van der Waals surface area contributed by atoms with E-state index in [0.29, 0.717) is 0 Å². The molecule has 0 radical (unpaired) electrons. The third-order valence-electron chi connectivity index (χ3n) is 3.06. The van der Waals surface area contributed by atoms with Gasteiger partial charge in [-0.05, 0) is 40.2 Å². The number of imidazole rings is 1. The molecular formula is C14H27N3O2. The van der Waals surface area contributed by atoms with E-state index in [1.165, 1.54) is 0 Å². The molecule has 0 fully saturated rings. The van der Waals surface area contributed by atoms with E-state index >= 15 is 0 Å². The highest BCUT2D eigenvalue weighted by atomic mass is 16.5. The highest BCUT2D eigenvalue weighted by Crippen LogP contribution is 1.98. The van der Waals surface area contributed by atoms with Gasteiger partial charge in [0.25, 0.3) is 0 Å². The van der Waals surface area contributed by atoms with Crippen LogP contribution in [0.4, 0.5) is 0 Å². The van der Waals surface area contributed by atoms with Gasteiger partial charge in [0.2, 0.25) is 0 Å². The van der Waals surface area contributed by atoms with Crippen molar-refractivity contribution in [3.63, 3.8) is 0 Å². The molecule has 0 atom stereocenters. The van der Waals surface area contributed by atoms with Gasteiger partial charge in [0.05, 0.1) is 0 Å². The van der Waals surface area contributed by atoms with Crippen LogP contribution in [0.3, 0.4) is 0 Å². The fraction of sp³-hybridized carbons (Fsp3) is 0.786. The predicted molar refractivity (Wildman–Crippen MR) is 77.7 cm³/mol. The van der Waals surface area contributed by atoms with E-state index in [4.69, 9.17) is 4.74 Å². The molecule has 110 valence electrons. The van der Waals surface area contributed by atoms with Crippen LogP contribution in [0.15, 0.2) is 17.2 Å². The van der Waals surface area contributed by atoms with Crippen LogP contribution in [0.1, 0.15) is 39.7 Å². The molecular weight excluding hydrogens is 242 g/mol. The van der Waals surface area contributed by atoms with Crippen LogP contribution < -0.4 is 11.0 Å². The van der Waals surface area contributed by atoms with Gasteiger partial charge >= 0.3 is 5.69 Å². The Kier molecular flexibility index (Phi) is 7.52. The molecule has 0 saturated heterocycles. The Morgan fingerprint density at radius 1 is 1.26 bits per heavy atom. The summed E-state index contributed by atoms with van der Waals surface area (Å²) in [7, 11) is 0. The van der Waals surface area contributed by atoms with Gasteiger partial charge in [0.15, 0.2) is 0 Å². The number of nitrogens with one attached hydrogen (secondary N) is 1. The Balaban J connectivity index is 2.14. The molecule has 0 aliphatic rings. The second-order valence-electron chi connectivity index (χ2n) is 4.93. The van der Waals surface area contributed by atoms with E-state index in [-0.39, 0.29) is 11.7 Å². The third kappa shape index (κ3) is 5.61. The maximum Gasteiger partial charge on any atom is 0.328 e. The molecule has 0 spiro atoms. The first-order valence-corrected chi connectivity index (χ1v) is 7.22. The number of hydrogen-bond donors (Lipinski definition) is 1. The van der Waals surface area contributed by atoms with Crippen molar-refractivity contribution < 1.29 is 4.74 Å². The van der Waals surface area contributed by atoms with Gasteiger partial charge in [-0.15, -0.1) is 0 Å². The third-order valence-corrected chi connectivity index (χ3v) is 3.06. The summed E-state index contributed by atoms with van der Waals surface area (Å²) in [5.74, 6) is 0. The van der Waals surface area contributed by atoms with Crippen LogP contribution in [-0.4, -0.2) is 35.4 Å². The normalized spacial score (nSPS) is 11.4. The summed E-state index contributed by atoms with van der Waals surface area (Å²) in [6.07, 6.45) is 5.92. The molecule has 0 aliphatic heterocycles. The fourth-order valence-electron chi connectivity index (χ4n) is 1.91. The molecule has 0 aliphatic carbocycles. The lowest BCUT2D eigenvalue weighted by atomic mass is 10.3. The van der Waals surface area contributed by atoms with Crippen molar-refractivity contribution in [1.82, 2.24) is 14.5 Å². The van der Waals surface area contributed by atoms with Crippen molar-refractivity contribution in [2.24, 2.45) is 0 Å². The zero-order valence-corrected chi connectivity index (χ0v) is 12.4. The van der Waals surface area contributed by atoms with Gasteiger partial charge in [-0.3, -0.25) is 9.13 Å². The second-order valence-corrected chi connectivity index (χ2v) is 4.93. The van der Waals surface area contributed by atoms with Gasteiger partial charge < -0.3 is 10.1 Å². The minimum atomic E-state index is 0.0770. The van der Waals surface area contributed by atoms with Crippen molar-refractivity contribution in [3.8, 4) is 0 Å². The molecule has 0 saturated carbocycles. The molecule has 1 aromatic rings. The average Bonchev–Trinajstić information content (AvgIpc) is 2.74. The Labute approximate surface area is 115 Å². The molecule has 0 amide bonds. The first kappa shape index (κ1) is 16.0. The van der Waals surface area contributed by atoms with E-state index in [2.05, 4.69) is 5.32 Å². The lowest BCUT2D eigenvalue weighted by Gasteiger charge is -2.06. The lowest BCUT2D eigenvalue weighted by molar-refractivity contribution is 0.143. The van der Waals surface area contributed by atoms with Crippen LogP contribution in [0.5, 0.6) is 0 Å². The number of rotatable bonds is 10. The quantitative estimate of drug-likeness (QED) is 0.657. The summed E-state index contributed by atoms with van der Waals surface area (Å²) in [4.78, 5) is 11.9. The van der Waals surface area contributed by atoms with Gasteiger partial charge in [0, 0.05) is 44.7 Å². The monoisotopic (exact) mass is 269 g/mol. The summed E-state index contributed by atoms with van der Waals surface area (Å²) < 4.78 is 8.78. The minimum absolute atomic E-state index is 0.0770. The van der Waals surface area contributed by atoms with Crippen LogP contribution in [-0.2, 0) is 11.3 Å². The summed E-state index contributed by atoms with van der Waals surface area (Å²) in [5, 5.41) is 3.35. The van der Waals surface area contributed by atoms with E-state index in [1.54, 1.807) is 9.13 Å². The van der Waals surface area contributed by atoms with E-state index < -0.39 is 0 Å². The number of unbranched alkanes of at least 4 members (excludes halogenated alkanes) is 1. The van der Waals surface area contributed by atoms with Crippen LogP contribution in [0.2, 0.25) is 0 Å². The predicted octanol–water partition coefficient (Wildman–Crippen LogP) is 1.64. The molecule has 1 N–H and O–H groups in total. The van der Waals surface area contributed by atoms with Gasteiger partial charge in [-0.25, -0.2) is 4.79 Å². The van der Waals surface area contributed by atoms with Crippen molar-refractivity contribution in [2.45, 2.75) is 46.2 Å². The summed E-state index contributed by atoms with van der Waals surface area (Å²) >= 11 is 0. The number of nitrogens with zero attached hydrogens (tertiary/aromatic N) is 2. The first-order chi connectivity index (χ1) is 9.16. The lowest BCUT2D eigenvalue weighted by Crippen LogP contribution is -2.29. The van der Waals surface area contributed by atoms with Crippen LogP contribution in [0.25, 0.3) is 0 Å². The van der Waals surface area contributed by atoms with E-state index in [1.807, 2.05) is 33.2 Å². The average molecular weight is 269 g/mol. The first-order valence-electron chi connectivity index (χ1n) is 7.22. The van der Waals surface area contributed by atoms with E-state index in [9.17, 15) is 4.79 Å². The highest BCUT2D eigenvalue weighted by Gasteiger charge is 2.04. The summed E-state index contributed by atoms with van der Waals surface area (Å²) in [6.45, 7) is 10.2. The molecule has 0 bridgehead atoms. The van der Waals surface area contributed by atoms with Crippen molar-refractivity contribution >= 4 is 0 Å². The van der Waals surface area contributed by atoms with Gasteiger partial charge in [-0.1, -0.05) is 0 Å². The molecule has 5 heteroatoms. The highest BCUT2D eigenvalue weighted by molar-refractivity contribution is 4.83. The maximum atomic E-state index is 11.9. The Morgan fingerprint density at radius 2 is 2.05 bits per heavy atom. The topological polar surface area (TPSA) is 48.2 Å². The largest absolute Gasteiger partial charge is 0.382 e. The molecule has 0 unspecified atom stereocenters. The number of ether oxygens (including phenoxy) is 1. The molecule has 19 heavy (non-hydrogen) atoms.